The van der Waals surface area contributed by atoms with Gasteiger partial charge in [-0.2, -0.15) is 0 Å². The number of benzene rings is 1. The van der Waals surface area contributed by atoms with Crippen LogP contribution in [0.1, 0.15) is 33.1 Å². The van der Waals surface area contributed by atoms with Gasteiger partial charge >= 0.3 is 0 Å². The van der Waals surface area contributed by atoms with Crippen LogP contribution in [0, 0.1) is 0 Å². The molecule has 6 nitrogen and oxygen atoms in total. The van der Waals surface area contributed by atoms with Crippen molar-refractivity contribution in [2.75, 3.05) is 32.4 Å². The van der Waals surface area contributed by atoms with E-state index in [4.69, 9.17) is 0 Å². The minimum Gasteiger partial charge on any atom is -0.356 e. The molecular weight excluding hydrogens is 475 g/mol. The maximum Gasteiger partial charge on any atom is 0.191 e. The second kappa shape index (κ2) is 11.9. The van der Waals surface area contributed by atoms with Crippen LogP contribution in [-0.4, -0.2) is 63.8 Å². The van der Waals surface area contributed by atoms with Crippen LogP contribution in [0.5, 0.6) is 0 Å². The highest BCUT2D eigenvalue weighted by atomic mass is 127. The van der Waals surface area contributed by atoms with Crippen LogP contribution in [0.2, 0.25) is 0 Å². The molecule has 154 valence electrons. The van der Waals surface area contributed by atoms with Crippen molar-refractivity contribution in [2.45, 2.75) is 50.1 Å². The molecule has 1 heterocycles. The summed E-state index contributed by atoms with van der Waals surface area (Å²) >= 11 is 0. The van der Waals surface area contributed by atoms with Gasteiger partial charge < -0.3 is 15.5 Å². The third kappa shape index (κ3) is 7.95. The van der Waals surface area contributed by atoms with Gasteiger partial charge in [-0.25, -0.2) is 8.42 Å². The molecule has 0 saturated carbocycles. The smallest absolute Gasteiger partial charge is 0.191 e. The van der Waals surface area contributed by atoms with Gasteiger partial charge in [0.15, 0.2) is 15.8 Å². The maximum absolute atomic E-state index is 12.3. The van der Waals surface area contributed by atoms with Crippen molar-refractivity contribution >= 4 is 39.8 Å². The zero-order valence-corrected chi connectivity index (χ0v) is 19.7. The molecule has 27 heavy (non-hydrogen) atoms. The van der Waals surface area contributed by atoms with Crippen molar-refractivity contribution in [3.63, 3.8) is 0 Å². The third-order valence-electron chi connectivity index (χ3n) is 4.81. The molecule has 0 aromatic heterocycles. The fourth-order valence-electron chi connectivity index (χ4n) is 3.16. The average Bonchev–Trinajstić information content (AvgIpc) is 2.65. The molecule has 2 rings (SSSR count). The van der Waals surface area contributed by atoms with E-state index in [0.29, 0.717) is 29.9 Å². The molecule has 0 radical (unpaired) electrons. The molecule has 0 atom stereocenters. The Kier molecular flexibility index (Phi) is 10.6. The Morgan fingerprint density at radius 3 is 2.41 bits per heavy atom. The number of guanidine groups is 1. The van der Waals surface area contributed by atoms with Crippen molar-refractivity contribution < 1.29 is 8.42 Å². The lowest BCUT2D eigenvalue weighted by molar-refractivity contribution is 0.167. The van der Waals surface area contributed by atoms with E-state index in [1.807, 2.05) is 6.07 Å². The Morgan fingerprint density at radius 1 is 1.22 bits per heavy atom. The highest BCUT2D eigenvalue weighted by Gasteiger charge is 2.21. The van der Waals surface area contributed by atoms with Crippen LogP contribution in [0.15, 0.2) is 40.2 Å². The van der Waals surface area contributed by atoms with Gasteiger partial charge in [-0.15, -0.1) is 24.0 Å². The van der Waals surface area contributed by atoms with E-state index >= 15 is 0 Å². The minimum atomic E-state index is -3.21. The van der Waals surface area contributed by atoms with E-state index in [9.17, 15) is 8.42 Å². The number of piperidine rings is 1. The van der Waals surface area contributed by atoms with Crippen molar-refractivity contribution in [1.29, 1.82) is 0 Å². The first-order valence-electron chi connectivity index (χ1n) is 9.41. The van der Waals surface area contributed by atoms with Crippen molar-refractivity contribution in [3.8, 4) is 0 Å². The predicted octanol–water partition coefficient (Wildman–Crippen LogP) is 2.51. The van der Waals surface area contributed by atoms with E-state index in [2.05, 4.69) is 34.4 Å². The van der Waals surface area contributed by atoms with Gasteiger partial charge in [0.2, 0.25) is 0 Å². The number of hydrogen-bond acceptors (Lipinski definition) is 4. The highest BCUT2D eigenvalue weighted by molar-refractivity contribution is 14.0. The molecule has 2 N–H and O–H groups in total. The van der Waals surface area contributed by atoms with E-state index in [-0.39, 0.29) is 29.7 Å². The van der Waals surface area contributed by atoms with Crippen molar-refractivity contribution in [1.82, 2.24) is 15.5 Å². The quantitative estimate of drug-likeness (QED) is 0.256. The molecule has 1 aliphatic rings. The number of sulfone groups is 1. The summed E-state index contributed by atoms with van der Waals surface area (Å²) in [5, 5.41) is 6.69. The molecule has 8 heteroatoms. The number of aliphatic imine (C=N–C) groups is 1. The van der Waals surface area contributed by atoms with Crippen molar-refractivity contribution in [3.05, 3.63) is 30.3 Å². The molecule has 0 unspecified atom stereocenters. The van der Waals surface area contributed by atoms with Crippen molar-refractivity contribution in [2.24, 2.45) is 4.99 Å². The van der Waals surface area contributed by atoms with Crippen LogP contribution in [0.25, 0.3) is 0 Å². The fourth-order valence-corrected chi connectivity index (χ4v) is 4.49. The molecule has 1 fully saturated rings. The standard InChI is InChI=1S/C19H32N4O2S.HI/c1-16(2)23-13-10-17(11-14-23)22-19(20-3)21-12-7-15-26(24,25)18-8-5-4-6-9-18;/h4-6,8-9,16-17H,7,10-15H2,1-3H3,(H2,20,21,22);1H. The SMILES string of the molecule is CN=C(NCCCS(=O)(=O)c1ccccc1)NC1CCN(C(C)C)CC1.I. The lowest BCUT2D eigenvalue weighted by atomic mass is 10.0. The molecule has 1 aromatic carbocycles. The number of nitrogens with zero attached hydrogens (tertiary/aromatic N) is 2. The lowest BCUT2D eigenvalue weighted by Crippen LogP contribution is -2.50. The Balaban J connectivity index is 0.00000364. The molecule has 1 aromatic rings. The molecule has 0 amide bonds. The Hall–Kier alpha value is -0.870. The second-order valence-corrected chi connectivity index (χ2v) is 9.14. The van der Waals surface area contributed by atoms with Gasteiger partial charge in [0.1, 0.15) is 0 Å². The number of nitrogens with one attached hydrogen (secondary N) is 2. The molecular formula is C19H33IN4O2S. The zero-order chi connectivity index (χ0) is 19.0. The second-order valence-electron chi connectivity index (χ2n) is 7.03. The Bertz CT molecular complexity index is 672. The minimum absolute atomic E-state index is 0. The van der Waals surface area contributed by atoms with Crippen LogP contribution >= 0.6 is 24.0 Å². The summed E-state index contributed by atoms with van der Waals surface area (Å²) in [5.74, 6) is 0.887. The first-order chi connectivity index (χ1) is 12.4. The molecule has 1 saturated heterocycles. The van der Waals surface area contributed by atoms with Gasteiger partial charge in [-0.1, -0.05) is 18.2 Å². The number of hydrogen-bond donors (Lipinski definition) is 2. The monoisotopic (exact) mass is 508 g/mol. The summed E-state index contributed by atoms with van der Waals surface area (Å²) in [6, 6.07) is 9.63. The zero-order valence-electron chi connectivity index (χ0n) is 16.5. The van der Waals surface area contributed by atoms with Crippen LogP contribution < -0.4 is 10.6 Å². The average molecular weight is 508 g/mol. The maximum atomic E-state index is 12.3. The predicted molar refractivity (Wildman–Crippen MR) is 123 cm³/mol. The van der Waals surface area contributed by atoms with Gasteiger partial charge in [-0.3, -0.25) is 4.99 Å². The topological polar surface area (TPSA) is 73.8 Å². The van der Waals surface area contributed by atoms with Crippen LogP contribution in [0.4, 0.5) is 0 Å². The largest absolute Gasteiger partial charge is 0.356 e. The number of halogens is 1. The number of likely N-dealkylation sites (tertiary alicyclic amines) is 1. The van der Waals surface area contributed by atoms with Gasteiger partial charge in [-0.05, 0) is 45.2 Å². The molecule has 0 aliphatic carbocycles. The number of rotatable bonds is 7. The lowest BCUT2D eigenvalue weighted by Gasteiger charge is -2.35. The normalized spacial score (nSPS) is 16.8. The van der Waals surface area contributed by atoms with Gasteiger partial charge in [0, 0.05) is 38.8 Å². The molecule has 0 spiro atoms. The van der Waals surface area contributed by atoms with E-state index in [0.717, 1.165) is 31.9 Å². The summed E-state index contributed by atoms with van der Waals surface area (Å²) in [7, 11) is -1.46. The van der Waals surface area contributed by atoms with Gasteiger partial charge in [0.25, 0.3) is 0 Å². The Labute approximate surface area is 181 Å². The summed E-state index contributed by atoms with van der Waals surface area (Å²) in [5.41, 5.74) is 0. The summed E-state index contributed by atoms with van der Waals surface area (Å²) < 4.78 is 24.5. The highest BCUT2D eigenvalue weighted by Crippen LogP contribution is 2.13. The third-order valence-corrected chi connectivity index (χ3v) is 6.63. The Morgan fingerprint density at radius 2 is 1.85 bits per heavy atom. The molecule has 1 aliphatic heterocycles. The van der Waals surface area contributed by atoms with Gasteiger partial charge in [0.05, 0.1) is 10.6 Å². The first-order valence-corrected chi connectivity index (χ1v) is 11.1. The van der Waals surface area contributed by atoms with Crippen LogP contribution in [0.3, 0.4) is 0 Å². The summed E-state index contributed by atoms with van der Waals surface area (Å²) in [6.45, 7) is 7.25. The van der Waals surface area contributed by atoms with E-state index in [1.165, 1.54) is 0 Å². The molecule has 0 bridgehead atoms. The first kappa shape index (κ1) is 24.2. The fraction of sp³-hybridized carbons (Fsp3) is 0.632. The van der Waals surface area contributed by atoms with E-state index in [1.54, 1.807) is 31.3 Å². The summed E-state index contributed by atoms with van der Waals surface area (Å²) in [4.78, 5) is 7.14. The van der Waals surface area contributed by atoms with E-state index < -0.39 is 9.84 Å². The summed E-state index contributed by atoms with van der Waals surface area (Å²) in [6.07, 6.45) is 2.74. The van der Waals surface area contributed by atoms with Crippen LogP contribution in [-0.2, 0) is 9.84 Å².